The number of hydrogen-bond donors (Lipinski definition) is 0. The van der Waals surface area contributed by atoms with Crippen LogP contribution in [0.4, 0.5) is 0 Å². The Morgan fingerprint density at radius 1 is 0.933 bits per heavy atom. The van der Waals surface area contributed by atoms with Crippen LogP contribution in [-0.2, 0) is 22.1 Å². The standard InChI is InChI=1S/C22H28N2O5S/c1-28-20-8-7-17(14-21(20)29-2)15-23-9-11-24(12-10-23)22(25)19-6-4-5-18(13-19)16-30(3,26)27/h4-8,13-14H,9-12,15-16H2,1-3H3. The molecule has 1 aliphatic rings. The van der Waals surface area contributed by atoms with Gasteiger partial charge in [-0.3, -0.25) is 9.69 Å². The number of benzene rings is 2. The van der Waals surface area contributed by atoms with E-state index in [0.29, 0.717) is 35.7 Å². The molecule has 2 aromatic carbocycles. The normalized spacial score (nSPS) is 15.1. The second-order valence-corrected chi connectivity index (χ2v) is 9.67. The molecule has 1 aliphatic heterocycles. The molecule has 7 nitrogen and oxygen atoms in total. The fourth-order valence-corrected chi connectivity index (χ4v) is 4.41. The summed E-state index contributed by atoms with van der Waals surface area (Å²) in [5.74, 6) is 1.29. The van der Waals surface area contributed by atoms with Crippen molar-refractivity contribution in [2.45, 2.75) is 12.3 Å². The molecule has 0 atom stereocenters. The van der Waals surface area contributed by atoms with Crippen LogP contribution < -0.4 is 9.47 Å². The Hall–Kier alpha value is -2.58. The average molecular weight is 433 g/mol. The maximum Gasteiger partial charge on any atom is 0.253 e. The summed E-state index contributed by atoms with van der Waals surface area (Å²) in [6.45, 7) is 3.56. The minimum atomic E-state index is -3.14. The Labute approximate surface area is 178 Å². The lowest BCUT2D eigenvalue weighted by Crippen LogP contribution is -2.48. The third-order valence-corrected chi connectivity index (χ3v) is 5.97. The molecule has 0 bridgehead atoms. The summed E-state index contributed by atoms with van der Waals surface area (Å²) in [5, 5.41) is 0. The maximum atomic E-state index is 12.9. The van der Waals surface area contributed by atoms with Crippen molar-refractivity contribution in [1.82, 2.24) is 9.80 Å². The molecule has 0 radical (unpaired) electrons. The molecule has 1 amide bonds. The van der Waals surface area contributed by atoms with E-state index < -0.39 is 9.84 Å². The highest BCUT2D eigenvalue weighted by Crippen LogP contribution is 2.28. The van der Waals surface area contributed by atoms with Gasteiger partial charge in [0.2, 0.25) is 0 Å². The van der Waals surface area contributed by atoms with Crippen LogP contribution in [0, 0.1) is 0 Å². The summed E-state index contributed by atoms with van der Waals surface area (Å²) >= 11 is 0. The summed E-state index contributed by atoms with van der Waals surface area (Å²) < 4.78 is 33.7. The number of methoxy groups -OCH3 is 2. The fourth-order valence-electron chi connectivity index (χ4n) is 3.63. The van der Waals surface area contributed by atoms with E-state index in [2.05, 4.69) is 4.90 Å². The highest BCUT2D eigenvalue weighted by Gasteiger charge is 2.23. The number of sulfone groups is 1. The third-order valence-electron chi connectivity index (χ3n) is 5.12. The molecule has 2 aromatic rings. The summed E-state index contributed by atoms with van der Waals surface area (Å²) in [7, 11) is 0.0982. The minimum Gasteiger partial charge on any atom is -0.493 e. The molecular formula is C22H28N2O5S. The van der Waals surface area contributed by atoms with Crippen molar-refractivity contribution >= 4 is 15.7 Å². The van der Waals surface area contributed by atoms with Crippen LogP contribution in [0.5, 0.6) is 11.5 Å². The molecule has 1 fully saturated rings. The number of rotatable bonds is 7. The molecular weight excluding hydrogens is 404 g/mol. The Kier molecular flexibility index (Phi) is 6.99. The number of carbonyl (C=O) groups is 1. The fraction of sp³-hybridized carbons (Fsp3) is 0.409. The number of ether oxygens (including phenoxy) is 2. The van der Waals surface area contributed by atoms with E-state index in [-0.39, 0.29) is 11.7 Å². The SMILES string of the molecule is COc1ccc(CN2CCN(C(=O)c3cccc(CS(C)(=O)=O)c3)CC2)cc1OC. The molecule has 0 N–H and O–H groups in total. The number of amides is 1. The van der Waals surface area contributed by atoms with Gasteiger partial charge in [-0.15, -0.1) is 0 Å². The van der Waals surface area contributed by atoms with Gasteiger partial charge in [0.05, 0.1) is 20.0 Å². The van der Waals surface area contributed by atoms with Crippen molar-refractivity contribution in [3.8, 4) is 11.5 Å². The summed E-state index contributed by atoms with van der Waals surface area (Å²) in [6, 6.07) is 12.8. The largest absolute Gasteiger partial charge is 0.493 e. The zero-order valence-electron chi connectivity index (χ0n) is 17.6. The Bertz CT molecular complexity index is 998. The Balaban J connectivity index is 1.59. The smallest absolute Gasteiger partial charge is 0.253 e. The van der Waals surface area contributed by atoms with Crippen LogP contribution in [0.2, 0.25) is 0 Å². The first kappa shape index (κ1) is 22.1. The monoisotopic (exact) mass is 432 g/mol. The Morgan fingerprint density at radius 3 is 2.27 bits per heavy atom. The quantitative estimate of drug-likeness (QED) is 0.668. The zero-order chi connectivity index (χ0) is 21.7. The van der Waals surface area contributed by atoms with Gasteiger partial charge in [0, 0.05) is 44.5 Å². The van der Waals surface area contributed by atoms with Gasteiger partial charge in [-0.1, -0.05) is 18.2 Å². The van der Waals surface area contributed by atoms with Crippen molar-refractivity contribution in [3.05, 3.63) is 59.2 Å². The number of hydrogen-bond acceptors (Lipinski definition) is 6. The van der Waals surface area contributed by atoms with Crippen molar-refractivity contribution in [3.63, 3.8) is 0 Å². The zero-order valence-corrected chi connectivity index (χ0v) is 18.4. The lowest BCUT2D eigenvalue weighted by atomic mass is 10.1. The van der Waals surface area contributed by atoms with Crippen LogP contribution in [0.25, 0.3) is 0 Å². The molecule has 1 saturated heterocycles. The van der Waals surface area contributed by atoms with Crippen LogP contribution in [0.3, 0.4) is 0 Å². The predicted octanol–water partition coefficient (Wildman–Crippen LogP) is 2.21. The van der Waals surface area contributed by atoms with E-state index in [4.69, 9.17) is 9.47 Å². The van der Waals surface area contributed by atoms with Crippen molar-refractivity contribution in [2.75, 3.05) is 46.7 Å². The summed E-state index contributed by atoms with van der Waals surface area (Å²) in [6.07, 6.45) is 1.19. The van der Waals surface area contributed by atoms with Crippen LogP contribution in [-0.4, -0.2) is 70.8 Å². The lowest BCUT2D eigenvalue weighted by Gasteiger charge is -2.35. The van der Waals surface area contributed by atoms with E-state index in [0.717, 1.165) is 25.2 Å². The van der Waals surface area contributed by atoms with Gasteiger partial charge in [0.15, 0.2) is 21.3 Å². The topological polar surface area (TPSA) is 76.2 Å². The van der Waals surface area contributed by atoms with Crippen molar-refractivity contribution in [2.24, 2.45) is 0 Å². The van der Waals surface area contributed by atoms with Gasteiger partial charge in [0.1, 0.15) is 0 Å². The number of carbonyl (C=O) groups excluding carboxylic acids is 1. The van der Waals surface area contributed by atoms with Crippen LogP contribution in [0.1, 0.15) is 21.5 Å². The van der Waals surface area contributed by atoms with E-state index in [1.54, 1.807) is 38.5 Å². The molecule has 8 heteroatoms. The molecule has 0 saturated carbocycles. The maximum absolute atomic E-state index is 12.9. The summed E-state index contributed by atoms with van der Waals surface area (Å²) in [5.41, 5.74) is 2.29. The molecule has 1 heterocycles. The van der Waals surface area contributed by atoms with E-state index in [9.17, 15) is 13.2 Å². The second kappa shape index (κ2) is 9.49. The Morgan fingerprint density at radius 2 is 1.63 bits per heavy atom. The number of nitrogens with zero attached hydrogens (tertiary/aromatic N) is 2. The first-order valence-electron chi connectivity index (χ1n) is 9.78. The molecule has 3 rings (SSSR count). The minimum absolute atomic E-state index is 0.0592. The first-order chi connectivity index (χ1) is 14.3. The van der Waals surface area contributed by atoms with Crippen molar-refractivity contribution in [1.29, 1.82) is 0 Å². The molecule has 0 spiro atoms. The van der Waals surface area contributed by atoms with Gasteiger partial charge in [-0.2, -0.15) is 0 Å². The van der Waals surface area contributed by atoms with Gasteiger partial charge >= 0.3 is 0 Å². The summed E-state index contributed by atoms with van der Waals surface area (Å²) in [4.78, 5) is 17.0. The highest BCUT2D eigenvalue weighted by atomic mass is 32.2. The van der Waals surface area contributed by atoms with Gasteiger partial charge < -0.3 is 14.4 Å². The molecule has 30 heavy (non-hydrogen) atoms. The highest BCUT2D eigenvalue weighted by molar-refractivity contribution is 7.89. The average Bonchev–Trinajstić information content (AvgIpc) is 2.72. The number of piperazine rings is 1. The predicted molar refractivity (Wildman–Crippen MR) is 116 cm³/mol. The lowest BCUT2D eigenvalue weighted by molar-refractivity contribution is 0.0628. The van der Waals surface area contributed by atoms with Gasteiger partial charge in [-0.25, -0.2) is 8.42 Å². The molecule has 0 unspecified atom stereocenters. The van der Waals surface area contributed by atoms with Gasteiger partial charge in [-0.05, 0) is 35.4 Å². The van der Waals surface area contributed by atoms with E-state index in [1.807, 2.05) is 23.1 Å². The third kappa shape index (κ3) is 5.73. The molecule has 162 valence electrons. The van der Waals surface area contributed by atoms with E-state index in [1.165, 1.54) is 6.26 Å². The van der Waals surface area contributed by atoms with Crippen LogP contribution in [0.15, 0.2) is 42.5 Å². The first-order valence-corrected chi connectivity index (χ1v) is 11.8. The second-order valence-electron chi connectivity index (χ2n) is 7.53. The molecule has 0 aliphatic carbocycles. The van der Waals surface area contributed by atoms with Crippen LogP contribution >= 0.6 is 0 Å². The van der Waals surface area contributed by atoms with Crippen molar-refractivity contribution < 1.29 is 22.7 Å². The van der Waals surface area contributed by atoms with Gasteiger partial charge in [0.25, 0.3) is 5.91 Å². The molecule has 0 aromatic heterocycles. The van der Waals surface area contributed by atoms with E-state index >= 15 is 0 Å².